The van der Waals surface area contributed by atoms with Crippen LogP contribution in [0, 0.1) is 0 Å². The smallest absolute Gasteiger partial charge is 0.399 e. The Kier molecular flexibility index (Phi) is 2.26. The van der Waals surface area contributed by atoms with E-state index in [1.807, 2.05) is 19.4 Å². The fourth-order valence-electron chi connectivity index (χ4n) is 2.33. The number of nitrogens with zero attached hydrogens (tertiary/aromatic N) is 1. The first-order valence-electron chi connectivity index (χ1n) is 6.30. The van der Waals surface area contributed by atoms with Gasteiger partial charge in [0.25, 0.3) is 0 Å². The third kappa shape index (κ3) is 1.47. The van der Waals surface area contributed by atoms with Gasteiger partial charge in [-0.15, -0.1) is 0 Å². The first kappa shape index (κ1) is 11.9. The lowest BCUT2D eigenvalue weighted by atomic mass is 9.79. The van der Waals surface area contributed by atoms with E-state index in [2.05, 4.69) is 43.3 Å². The molecule has 0 aliphatic carbocycles. The number of H-pyrrole nitrogens is 1. The fourth-order valence-corrected chi connectivity index (χ4v) is 2.33. The van der Waals surface area contributed by atoms with Gasteiger partial charge in [0.1, 0.15) is 5.65 Å². The predicted octanol–water partition coefficient (Wildman–Crippen LogP) is 1.81. The maximum atomic E-state index is 6.07. The standard InChI is InChI=1S/C13H19BN2O2/c1-12(2)13(3,4)18-14(17-12)10-8-15-11-9(10)6-7-16(11)5/h6-8,15H,1-5H3. The summed E-state index contributed by atoms with van der Waals surface area (Å²) in [6, 6.07) is 2.09. The van der Waals surface area contributed by atoms with Crippen LogP contribution in [-0.4, -0.2) is 27.9 Å². The zero-order chi connectivity index (χ0) is 13.1. The van der Waals surface area contributed by atoms with Gasteiger partial charge in [-0.05, 0) is 33.8 Å². The second kappa shape index (κ2) is 3.42. The third-order valence-corrected chi connectivity index (χ3v) is 4.26. The fraction of sp³-hybridized carbons (Fsp3) is 0.538. The van der Waals surface area contributed by atoms with Crippen molar-refractivity contribution in [3.8, 4) is 0 Å². The van der Waals surface area contributed by atoms with Crippen LogP contribution in [0.15, 0.2) is 18.5 Å². The molecule has 96 valence electrons. The summed E-state index contributed by atoms with van der Waals surface area (Å²) in [5.41, 5.74) is 1.58. The van der Waals surface area contributed by atoms with E-state index in [0.29, 0.717) is 0 Å². The molecule has 0 unspecified atom stereocenters. The minimum atomic E-state index is -0.300. The molecule has 1 saturated heterocycles. The second-order valence-electron chi connectivity index (χ2n) is 6.02. The van der Waals surface area contributed by atoms with Crippen LogP contribution in [0.1, 0.15) is 27.7 Å². The number of aromatic amines is 1. The monoisotopic (exact) mass is 246 g/mol. The highest BCUT2D eigenvalue weighted by atomic mass is 16.7. The van der Waals surface area contributed by atoms with Gasteiger partial charge in [0.2, 0.25) is 0 Å². The molecular weight excluding hydrogens is 227 g/mol. The summed E-state index contributed by atoms with van der Waals surface area (Å²) in [5.74, 6) is 0. The van der Waals surface area contributed by atoms with Crippen molar-refractivity contribution in [2.75, 3.05) is 0 Å². The maximum absolute atomic E-state index is 6.07. The van der Waals surface area contributed by atoms with Gasteiger partial charge < -0.3 is 18.9 Å². The Morgan fingerprint density at radius 2 is 1.78 bits per heavy atom. The molecule has 18 heavy (non-hydrogen) atoms. The molecule has 2 aromatic rings. The zero-order valence-corrected chi connectivity index (χ0v) is 11.6. The minimum Gasteiger partial charge on any atom is -0.399 e. The molecule has 0 radical (unpaired) electrons. The normalized spacial score (nSPS) is 21.9. The molecule has 4 nitrogen and oxygen atoms in total. The molecule has 1 N–H and O–H groups in total. The van der Waals surface area contributed by atoms with Gasteiger partial charge in [0, 0.05) is 30.3 Å². The average molecular weight is 246 g/mol. The van der Waals surface area contributed by atoms with Crippen molar-refractivity contribution in [3.05, 3.63) is 18.5 Å². The highest BCUT2D eigenvalue weighted by Crippen LogP contribution is 2.36. The third-order valence-electron chi connectivity index (χ3n) is 4.26. The van der Waals surface area contributed by atoms with Crippen molar-refractivity contribution in [2.24, 2.45) is 7.05 Å². The van der Waals surface area contributed by atoms with Crippen molar-refractivity contribution in [1.29, 1.82) is 0 Å². The Morgan fingerprint density at radius 1 is 1.17 bits per heavy atom. The summed E-state index contributed by atoms with van der Waals surface area (Å²) in [4.78, 5) is 3.27. The van der Waals surface area contributed by atoms with Gasteiger partial charge in [0.15, 0.2) is 0 Å². The number of fused-ring (bicyclic) bond motifs is 1. The highest BCUT2D eigenvalue weighted by molar-refractivity contribution is 6.65. The second-order valence-corrected chi connectivity index (χ2v) is 6.02. The van der Waals surface area contributed by atoms with E-state index in [-0.39, 0.29) is 18.3 Å². The average Bonchev–Trinajstić information content (AvgIpc) is 2.84. The molecule has 0 amide bonds. The topological polar surface area (TPSA) is 39.2 Å². The summed E-state index contributed by atoms with van der Waals surface area (Å²) >= 11 is 0. The van der Waals surface area contributed by atoms with Gasteiger partial charge >= 0.3 is 7.12 Å². The van der Waals surface area contributed by atoms with Gasteiger partial charge in [-0.1, -0.05) is 0 Å². The quantitative estimate of drug-likeness (QED) is 0.779. The SMILES string of the molecule is Cn1ccc2c(B3OC(C)(C)C(C)(C)O3)c[nH]c21. The molecule has 0 saturated carbocycles. The van der Waals surface area contributed by atoms with Crippen molar-refractivity contribution in [3.63, 3.8) is 0 Å². The van der Waals surface area contributed by atoms with Gasteiger partial charge in [0.05, 0.1) is 11.2 Å². The van der Waals surface area contributed by atoms with E-state index in [9.17, 15) is 0 Å². The van der Waals surface area contributed by atoms with E-state index >= 15 is 0 Å². The number of rotatable bonds is 1. The van der Waals surface area contributed by atoms with Gasteiger partial charge in [-0.3, -0.25) is 0 Å². The lowest BCUT2D eigenvalue weighted by Gasteiger charge is -2.32. The summed E-state index contributed by atoms with van der Waals surface area (Å²) in [7, 11) is 1.72. The Balaban J connectivity index is 2.02. The van der Waals surface area contributed by atoms with Gasteiger partial charge in [-0.25, -0.2) is 0 Å². The summed E-state index contributed by atoms with van der Waals surface area (Å²) in [6.07, 6.45) is 4.02. The molecule has 2 aromatic heterocycles. The summed E-state index contributed by atoms with van der Waals surface area (Å²) < 4.78 is 14.2. The van der Waals surface area contributed by atoms with E-state index in [1.165, 1.54) is 0 Å². The van der Waals surface area contributed by atoms with Crippen LogP contribution in [0.25, 0.3) is 11.0 Å². The minimum absolute atomic E-state index is 0.296. The van der Waals surface area contributed by atoms with E-state index < -0.39 is 0 Å². The molecule has 0 spiro atoms. The first-order chi connectivity index (χ1) is 8.32. The van der Waals surface area contributed by atoms with Crippen LogP contribution in [0.2, 0.25) is 0 Å². The largest absolute Gasteiger partial charge is 0.497 e. The van der Waals surface area contributed by atoms with Crippen LogP contribution in [0.4, 0.5) is 0 Å². The molecular formula is C13H19BN2O2. The molecule has 5 heteroatoms. The number of aromatic nitrogens is 2. The molecule has 0 aromatic carbocycles. The number of nitrogens with one attached hydrogen (secondary N) is 1. The lowest BCUT2D eigenvalue weighted by Crippen LogP contribution is -2.41. The Bertz CT molecular complexity index is 581. The molecule has 1 aliphatic rings. The molecule has 3 rings (SSSR count). The number of hydrogen-bond acceptors (Lipinski definition) is 2. The number of hydrogen-bond donors (Lipinski definition) is 1. The van der Waals surface area contributed by atoms with Crippen molar-refractivity contribution in [1.82, 2.24) is 9.55 Å². The number of aryl methyl sites for hydroxylation is 1. The summed E-state index contributed by atoms with van der Waals surface area (Å²) in [5, 5.41) is 1.16. The highest BCUT2D eigenvalue weighted by Gasteiger charge is 2.52. The van der Waals surface area contributed by atoms with Gasteiger partial charge in [-0.2, -0.15) is 0 Å². The Hall–Kier alpha value is -1.20. The van der Waals surface area contributed by atoms with E-state index in [4.69, 9.17) is 9.31 Å². The molecule has 1 fully saturated rings. The zero-order valence-electron chi connectivity index (χ0n) is 11.6. The van der Waals surface area contributed by atoms with Crippen molar-refractivity contribution >= 4 is 23.6 Å². The Morgan fingerprint density at radius 3 is 2.39 bits per heavy atom. The molecule has 3 heterocycles. The maximum Gasteiger partial charge on any atom is 0.497 e. The lowest BCUT2D eigenvalue weighted by molar-refractivity contribution is 0.00578. The molecule has 1 aliphatic heterocycles. The van der Waals surface area contributed by atoms with Crippen LogP contribution in [0.3, 0.4) is 0 Å². The Labute approximate surface area is 107 Å². The van der Waals surface area contributed by atoms with Crippen LogP contribution in [0.5, 0.6) is 0 Å². The molecule has 0 bridgehead atoms. The summed E-state index contributed by atoms with van der Waals surface area (Å²) in [6.45, 7) is 8.29. The predicted molar refractivity (Wildman–Crippen MR) is 73.0 cm³/mol. The molecule has 0 atom stereocenters. The van der Waals surface area contributed by atoms with Crippen LogP contribution in [-0.2, 0) is 16.4 Å². The van der Waals surface area contributed by atoms with Crippen LogP contribution >= 0.6 is 0 Å². The van der Waals surface area contributed by atoms with Crippen LogP contribution < -0.4 is 5.46 Å². The van der Waals surface area contributed by atoms with E-state index in [0.717, 1.165) is 16.5 Å². The van der Waals surface area contributed by atoms with Crippen molar-refractivity contribution < 1.29 is 9.31 Å². The van der Waals surface area contributed by atoms with Crippen molar-refractivity contribution in [2.45, 2.75) is 38.9 Å². The first-order valence-corrected chi connectivity index (χ1v) is 6.30. The van der Waals surface area contributed by atoms with E-state index in [1.54, 1.807) is 0 Å².